The summed E-state index contributed by atoms with van der Waals surface area (Å²) < 4.78 is 4.64. The number of hydrogen-bond acceptors (Lipinski definition) is 6. The van der Waals surface area contributed by atoms with Crippen molar-refractivity contribution >= 4 is 40.9 Å². The molecule has 0 aromatic heterocycles. The predicted molar refractivity (Wildman–Crippen MR) is 95.4 cm³/mol. The lowest BCUT2D eigenvalue weighted by molar-refractivity contribution is -0.121. The summed E-state index contributed by atoms with van der Waals surface area (Å²) in [7, 11) is 1.29. The Morgan fingerprint density at radius 1 is 1.20 bits per heavy atom. The van der Waals surface area contributed by atoms with Gasteiger partial charge in [-0.25, -0.2) is 9.69 Å². The second-order valence-electron chi connectivity index (χ2n) is 5.49. The normalized spacial score (nSPS) is 17.0. The topological polar surface area (TPSA) is 89.7 Å². The Morgan fingerprint density at radius 2 is 1.92 bits per heavy atom. The van der Waals surface area contributed by atoms with Crippen LogP contribution in [0.15, 0.2) is 53.4 Å². The van der Waals surface area contributed by atoms with Crippen LogP contribution in [0.4, 0.5) is 11.4 Å². The second-order valence-corrected chi connectivity index (χ2v) is 6.77. The van der Waals surface area contributed by atoms with Crippen molar-refractivity contribution in [2.75, 3.05) is 17.7 Å². The van der Waals surface area contributed by atoms with Gasteiger partial charge in [-0.3, -0.25) is 9.59 Å². The molecule has 0 bridgehead atoms. The monoisotopic (exact) mass is 356 g/mol. The number of anilines is 2. The molecule has 1 aliphatic rings. The van der Waals surface area contributed by atoms with Crippen molar-refractivity contribution in [1.29, 1.82) is 0 Å². The Hall–Kier alpha value is -2.80. The molecule has 1 saturated heterocycles. The summed E-state index contributed by atoms with van der Waals surface area (Å²) in [6.07, 6.45) is 0.122. The number of carbonyl (C=O) groups excluding carboxylic acids is 3. The number of ether oxygens (including phenoxy) is 1. The number of methoxy groups -OCH3 is 1. The zero-order chi connectivity index (χ0) is 18.0. The molecule has 1 aliphatic heterocycles. The first-order chi connectivity index (χ1) is 12.0. The Morgan fingerprint density at radius 3 is 2.56 bits per heavy atom. The van der Waals surface area contributed by atoms with E-state index in [-0.39, 0.29) is 18.2 Å². The fraction of sp³-hybridized carbons (Fsp3) is 0.167. The van der Waals surface area contributed by atoms with E-state index < -0.39 is 11.2 Å². The molecule has 2 N–H and O–H groups in total. The van der Waals surface area contributed by atoms with Gasteiger partial charge < -0.3 is 10.5 Å². The fourth-order valence-corrected chi connectivity index (χ4v) is 3.71. The van der Waals surface area contributed by atoms with Crippen LogP contribution in [0.3, 0.4) is 0 Å². The van der Waals surface area contributed by atoms with Crippen LogP contribution >= 0.6 is 11.8 Å². The van der Waals surface area contributed by atoms with E-state index in [9.17, 15) is 14.4 Å². The molecule has 1 atom stereocenters. The molecule has 0 saturated carbocycles. The van der Waals surface area contributed by atoms with Crippen molar-refractivity contribution in [2.24, 2.45) is 0 Å². The quantitative estimate of drug-likeness (QED) is 0.514. The van der Waals surface area contributed by atoms with E-state index in [1.54, 1.807) is 24.3 Å². The SMILES string of the molecule is COC(=O)c1ccc(N2C(=O)C[C@H](Sc3cccc(N)c3)C2=O)cc1. The lowest BCUT2D eigenvalue weighted by Crippen LogP contribution is -2.31. The summed E-state index contributed by atoms with van der Waals surface area (Å²) >= 11 is 1.32. The number of esters is 1. The van der Waals surface area contributed by atoms with Crippen LogP contribution in [0.5, 0.6) is 0 Å². The smallest absolute Gasteiger partial charge is 0.337 e. The highest BCUT2D eigenvalue weighted by atomic mass is 32.2. The zero-order valence-corrected chi connectivity index (χ0v) is 14.3. The first-order valence-corrected chi connectivity index (χ1v) is 8.45. The van der Waals surface area contributed by atoms with Gasteiger partial charge in [0.15, 0.2) is 0 Å². The average molecular weight is 356 g/mol. The molecule has 2 amide bonds. The highest BCUT2D eigenvalue weighted by molar-refractivity contribution is 8.00. The predicted octanol–water partition coefficient (Wildman–Crippen LogP) is 2.48. The Kier molecular flexibility index (Phi) is 4.76. The summed E-state index contributed by atoms with van der Waals surface area (Å²) in [5.74, 6) is -1.01. The lowest BCUT2D eigenvalue weighted by atomic mass is 10.2. The minimum absolute atomic E-state index is 0.122. The number of nitrogens with zero attached hydrogens (tertiary/aromatic N) is 1. The average Bonchev–Trinajstić information content (AvgIpc) is 2.88. The number of nitrogen functional groups attached to an aromatic ring is 1. The summed E-state index contributed by atoms with van der Waals surface area (Å²) in [6.45, 7) is 0. The summed E-state index contributed by atoms with van der Waals surface area (Å²) in [4.78, 5) is 38.4. The highest BCUT2D eigenvalue weighted by Gasteiger charge is 2.40. The first kappa shape index (κ1) is 17.0. The van der Waals surface area contributed by atoms with Crippen molar-refractivity contribution in [1.82, 2.24) is 0 Å². The molecule has 7 heteroatoms. The van der Waals surface area contributed by atoms with Crippen LogP contribution < -0.4 is 10.6 Å². The first-order valence-electron chi connectivity index (χ1n) is 7.57. The summed E-state index contributed by atoms with van der Waals surface area (Å²) in [6, 6.07) is 13.4. The molecule has 25 heavy (non-hydrogen) atoms. The van der Waals surface area contributed by atoms with Crippen LogP contribution in [0.2, 0.25) is 0 Å². The van der Waals surface area contributed by atoms with E-state index >= 15 is 0 Å². The molecule has 2 aromatic rings. The number of nitrogens with two attached hydrogens (primary N) is 1. The minimum atomic E-state index is -0.491. The van der Waals surface area contributed by atoms with Crippen molar-refractivity contribution in [3.63, 3.8) is 0 Å². The molecular weight excluding hydrogens is 340 g/mol. The number of amides is 2. The fourth-order valence-electron chi connectivity index (χ4n) is 2.58. The van der Waals surface area contributed by atoms with Crippen molar-refractivity contribution in [2.45, 2.75) is 16.6 Å². The molecule has 0 unspecified atom stereocenters. The third-order valence-electron chi connectivity index (χ3n) is 3.79. The number of carbonyl (C=O) groups is 3. The maximum atomic E-state index is 12.6. The van der Waals surface area contributed by atoms with E-state index in [0.29, 0.717) is 16.9 Å². The molecule has 0 aliphatic carbocycles. The van der Waals surface area contributed by atoms with Crippen LogP contribution in [0, 0.1) is 0 Å². The van der Waals surface area contributed by atoms with Crippen LogP contribution in [0.1, 0.15) is 16.8 Å². The van der Waals surface area contributed by atoms with Gasteiger partial charge in [0, 0.05) is 17.0 Å². The van der Waals surface area contributed by atoms with E-state index in [2.05, 4.69) is 4.74 Å². The van der Waals surface area contributed by atoms with Gasteiger partial charge in [0.2, 0.25) is 11.8 Å². The molecule has 2 aromatic carbocycles. The molecule has 3 rings (SSSR count). The molecule has 1 fully saturated rings. The van der Waals surface area contributed by atoms with Crippen LogP contribution in [-0.2, 0) is 14.3 Å². The lowest BCUT2D eigenvalue weighted by Gasteiger charge is -2.15. The van der Waals surface area contributed by atoms with E-state index in [4.69, 9.17) is 5.73 Å². The standard InChI is InChI=1S/C18H16N2O4S/c1-24-18(23)11-5-7-13(8-6-11)20-16(21)10-15(17(20)22)25-14-4-2-3-12(19)9-14/h2-9,15H,10,19H2,1H3/t15-/m0/s1. The molecule has 6 nitrogen and oxygen atoms in total. The van der Waals surface area contributed by atoms with Gasteiger partial charge in [0.25, 0.3) is 0 Å². The number of thioether (sulfide) groups is 1. The van der Waals surface area contributed by atoms with Crippen LogP contribution in [0.25, 0.3) is 0 Å². The summed E-state index contributed by atoms with van der Waals surface area (Å²) in [5.41, 5.74) is 7.16. The third kappa shape index (κ3) is 3.51. The highest BCUT2D eigenvalue weighted by Crippen LogP contribution is 2.34. The zero-order valence-electron chi connectivity index (χ0n) is 13.5. The molecule has 0 radical (unpaired) electrons. The van der Waals surface area contributed by atoms with Gasteiger partial charge in [-0.2, -0.15) is 0 Å². The molecule has 1 heterocycles. The summed E-state index contributed by atoms with van der Waals surface area (Å²) in [5, 5.41) is -0.491. The Bertz CT molecular complexity index is 835. The van der Waals surface area contributed by atoms with E-state index in [1.165, 1.54) is 31.0 Å². The van der Waals surface area contributed by atoms with Gasteiger partial charge in [0.1, 0.15) is 0 Å². The van der Waals surface area contributed by atoms with Gasteiger partial charge >= 0.3 is 5.97 Å². The molecular formula is C18H16N2O4S. The Labute approximate surface area is 148 Å². The van der Waals surface area contributed by atoms with E-state index in [1.807, 2.05) is 12.1 Å². The second kappa shape index (κ2) is 6.98. The third-order valence-corrected chi connectivity index (χ3v) is 4.97. The van der Waals surface area contributed by atoms with E-state index in [0.717, 1.165) is 9.80 Å². The van der Waals surface area contributed by atoms with Crippen molar-refractivity contribution < 1.29 is 19.1 Å². The maximum absolute atomic E-state index is 12.6. The Balaban J connectivity index is 1.78. The number of hydrogen-bond donors (Lipinski definition) is 1. The van der Waals surface area contributed by atoms with Gasteiger partial charge in [-0.1, -0.05) is 6.07 Å². The molecule has 0 spiro atoms. The van der Waals surface area contributed by atoms with Gasteiger partial charge in [-0.05, 0) is 42.5 Å². The maximum Gasteiger partial charge on any atom is 0.337 e. The van der Waals surface area contributed by atoms with Crippen LogP contribution in [-0.4, -0.2) is 30.1 Å². The van der Waals surface area contributed by atoms with Gasteiger partial charge in [-0.15, -0.1) is 11.8 Å². The van der Waals surface area contributed by atoms with Crippen molar-refractivity contribution in [3.05, 3.63) is 54.1 Å². The number of benzene rings is 2. The number of rotatable bonds is 4. The van der Waals surface area contributed by atoms with Gasteiger partial charge in [0.05, 0.1) is 23.6 Å². The largest absolute Gasteiger partial charge is 0.465 e. The van der Waals surface area contributed by atoms with Crippen molar-refractivity contribution in [3.8, 4) is 0 Å². The number of imide groups is 1. The molecule has 128 valence electrons. The minimum Gasteiger partial charge on any atom is -0.465 e.